The molecule has 0 radical (unpaired) electrons. The molecule has 1 N–H and O–H groups in total. The summed E-state index contributed by atoms with van der Waals surface area (Å²) >= 11 is 0. The number of benzene rings is 1. The number of nitrogens with zero attached hydrogens (tertiary/aromatic N) is 1. The van der Waals surface area contributed by atoms with Gasteiger partial charge in [0, 0.05) is 26.3 Å². The SMILES string of the molecule is COCCCN(C)C(C)CCc1ccc(O)cc1. The third-order valence-corrected chi connectivity index (χ3v) is 3.40. The van der Waals surface area contributed by atoms with Gasteiger partial charge < -0.3 is 14.7 Å². The Bertz CT molecular complexity index is 324. The molecule has 1 aromatic carbocycles. The van der Waals surface area contributed by atoms with Gasteiger partial charge in [0.25, 0.3) is 0 Å². The Labute approximate surface area is 110 Å². The van der Waals surface area contributed by atoms with E-state index in [9.17, 15) is 5.11 Å². The lowest BCUT2D eigenvalue weighted by atomic mass is 10.1. The lowest BCUT2D eigenvalue weighted by Crippen LogP contribution is -2.30. The molecule has 0 bridgehead atoms. The van der Waals surface area contributed by atoms with Gasteiger partial charge in [-0.05, 0) is 50.9 Å². The van der Waals surface area contributed by atoms with Crippen molar-refractivity contribution in [3.8, 4) is 5.75 Å². The number of phenolic OH excluding ortho intramolecular Hbond substituents is 1. The Hall–Kier alpha value is -1.06. The van der Waals surface area contributed by atoms with E-state index in [-0.39, 0.29) is 0 Å². The van der Waals surface area contributed by atoms with Gasteiger partial charge in [0.2, 0.25) is 0 Å². The lowest BCUT2D eigenvalue weighted by Gasteiger charge is -2.24. The molecule has 0 aliphatic carbocycles. The molecule has 1 rings (SSSR count). The number of methoxy groups -OCH3 is 1. The number of rotatable bonds is 8. The molecule has 18 heavy (non-hydrogen) atoms. The van der Waals surface area contributed by atoms with Crippen molar-refractivity contribution in [1.29, 1.82) is 0 Å². The first-order valence-corrected chi connectivity index (χ1v) is 6.60. The van der Waals surface area contributed by atoms with Crippen molar-refractivity contribution >= 4 is 0 Å². The minimum absolute atomic E-state index is 0.337. The highest BCUT2D eigenvalue weighted by atomic mass is 16.5. The summed E-state index contributed by atoms with van der Waals surface area (Å²) in [7, 11) is 3.91. The third-order valence-electron chi connectivity index (χ3n) is 3.40. The van der Waals surface area contributed by atoms with Crippen molar-refractivity contribution in [3.05, 3.63) is 29.8 Å². The molecular weight excluding hydrogens is 226 g/mol. The van der Waals surface area contributed by atoms with Gasteiger partial charge in [0.15, 0.2) is 0 Å². The first-order valence-electron chi connectivity index (χ1n) is 6.60. The molecule has 0 aliphatic rings. The number of hydrogen-bond acceptors (Lipinski definition) is 3. The predicted octanol–water partition coefficient (Wildman–Crippen LogP) is 2.68. The number of aryl methyl sites for hydroxylation is 1. The van der Waals surface area contributed by atoms with E-state index >= 15 is 0 Å². The minimum atomic E-state index is 0.337. The maximum Gasteiger partial charge on any atom is 0.115 e. The fourth-order valence-corrected chi connectivity index (χ4v) is 1.94. The van der Waals surface area contributed by atoms with Crippen molar-refractivity contribution in [2.75, 3.05) is 27.3 Å². The zero-order valence-corrected chi connectivity index (χ0v) is 11.7. The van der Waals surface area contributed by atoms with E-state index in [2.05, 4.69) is 18.9 Å². The van der Waals surface area contributed by atoms with Crippen LogP contribution in [0.25, 0.3) is 0 Å². The summed E-state index contributed by atoms with van der Waals surface area (Å²) in [5, 5.41) is 9.22. The predicted molar refractivity (Wildman–Crippen MR) is 75.0 cm³/mol. The largest absolute Gasteiger partial charge is 0.508 e. The zero-order valence-electron chi connectivity index (χ0n) is 11.7. The van der Waals surface area contributed by atoms with Crippen LogP contribution in [-0.4, -0.2) is 43.4 Å². The zero-order chi connectivity index (χ0) is 13.4. The van der Waals surface area contributed by atoms with Gasteiger partial charge >= 0.3 is 0 Å². The molecule has 1 unspecified atom stereocenters. The van der Waals surface area contributed by atoms with E-state index in [1.807, 2.05) is 12.1 Å². The second-order valence-corrected chi connectivity index (χ2v) is 4.88. The van der Waals surface area contributed by atoms with Crippen molar-refractivity contribution in [1.82, 2.24) is 4.90 Å². The van der Waals surface area contributed by atoms with Gasteiger partial charge in [-0.2, -0.15) is 0 Å². The molecule has 1 aromatic rings. The number of ether oxygens (including phenoxy) is 1. The highest BCUT2D eigenvalue weighted by molar-refractivity contribution is 5.25. The number of hydrogen-bond donors (Lipinski definition) is 1. The molecule has 0 fully saturated rings. The molecule has 0 aromatic heterocycles. The molecule has 0 aliphatic heterocycles. The Morgan fingerprint density at radius 3 is 2.56 bits per heavy atom. The van der Waals surface area contributed by atoms with Gasteiger partial charge in [-0.15, -0.1) is 0 Å². The Morgan fingerprint density at radius 1 is 1.28 bits per heavy atom. The van der Waals surface area contributed by atoms with Crippen LogP contribution in [0.15, 0.2) is 24.3 Å². The molecule has 3 heteroatoms. The molecular formula is C15H25NO2. The maximum atomic E-state index is 9.22. The van der Waals surface area contributed by atoms with E-state index < -0.39 is 0 Å². The van der Waals surface area contributed by atoms with E-state index in [0.717, 1.165) is 32.4 Å². The quantitative estimate of drug-likeness (QED) is 0.721. The van der Waals surface area contributed by atoms with Crippen LogP contribution in [0.2, 0.25) is 0 Å². The summed E-state index contributed by atoms with van der Waals surface area (Å²) in [6, 6.07) is 8.06. The fourth-order valence-electron chi connectivity index (χ4n) is 1.94. The standard InChI is InChI=1S/C15H25NO2/c1-13(16(2)11-4-12-18-3)5-6-14-7-9-15(17)10-8-14/h7-10,13,17H,4-6,11-12H2,1-3H3. The monoisotopic (exact) mass is 251 g/mol. The van der Waals surface area contributed by atoms with Gasteiger partial charge in [-0.25, -0.2) is 0 Å². The lowest BCUT2D eigenvalue weighted by molar-refractivity contribution is 0.166. The highest BCUT2D eigenvalue weighted by Crippen LogP contribution is 2.13. The second kappa shape index (κ2) is 8.11. The maximum absolute atomic E-state index is 9.22. The second-order valence-electron chi connectivity index (χ2n) is 4.88. The summed E-state index contributed by atoms with van der Waals surface area (Å²) in [6.45, 7) is 4.16. The molecule has 3 nitrogen and oxygen atoms in total. The molecule has 0 amide bonds. The molecule has 1 atom stereocenters. The van der Waals surface area contributed by atoms with Crippen LogP contribution < -0.4 is 0 Å². The van der Waals surface area contributed by atoms with Crippen LogP contribution in [0.4, 0.5) is 0 Å². The number of aromatic hydroxyl groups is 1. The average Bonchev–Trinajstić information content (AvgIpc) is 2.38. The van der Waals surface area contributed by atoms with E-state index in [4.69, 9.17) is 4.74 Å². The first kappa shape index (κ1) is 15.0. The third kappa shape index (κ3) is 5.52. The van der Waals surface area contributed by atoms with Gasteiger partial charge in [-0.3, -0.25) is 0 Å². The summed E-state index contributed by atoms with van der Waals surface area (Å²) in [5.41, 5.74) is 1.28. The molecule has 0 spiro atoms. The smallest absolute Gasteiger partial charge is 0.115 e. The van der Waals surface area contributed by atoms with Gasteiger partial charge in [0.1, 0.15) is 5.75 Å². The van der Waals surface area contributed by atoms with Crippen LogP contribution >= 0.6 is 0 Å². The normalized spacial score (nSPS) is 12.9. The van der Waals surface area contributed by atoms with Gasteiger partial charge in [-0.1, -0.05) is 12.1 Å². The van der Waals surface area contributed by atoms with Crippen LogP contribution in [0.3, 0.4) is 0 Å². The van der Waals surface area contributed by atoms with Crippen molar-refractivity contribution in [2.24, 2.45) is 0 Å². The van der Waals surface area contributed by atoms with Crippen LogP contribution in [0.1, 0.15) is 25.3 Å². The summed E-state index contributed by atoms with van der Waals surface area (Å²) in [4.78, 5) is 2.37. The van der Waals surface area contributed by atoms with Crippen molar-refractivity contribution in [3.63, 3.8) is 0 Å². The Kier molecular flexibility index (Phi) is 6.76. The molecule has 102 valence electrons. The van der Waals surface area contributed by atoms with Crippen molar-refractivity contribution < 1.29 is 9.84 Å². The van der Waals surface area contributed by atoms with Crippen LogP contribution in [-0.2, 0) is 11.2 Å². The Morgan fingerprint density at radius 2 is 1.94 bits per heavy atom. The van der Waals surface area contributed by atoms with E-state index in [0.29, 0.717) is 11.8 Å². The van der Waals surface area contributed by atoms with Crippen LogP contribution in [0.5, 0.6) is 5.75 Å². The average molecular weight is 251 g/mol. The van der Waals surface area contributed by atoms with Crippen molar-refractivity contribution in [2.45, 2.75) is 32.2 Å². The summed E-state index contributed by atoms with van der Waals surface area (Å²) < 4.78 is 5.06. The first-order chi connectivity index (χ1) is 8.63. The van der Waals surface area contributed by atoms with Crippen LogP contribution in [0, 0.1) is 0 Å². The summed E-state index contributed by atoms with van der Waals surface area (Å²) in [6.07, 6.45) is 3.26. The van der Waals surface area contributed by atoms with Gasteiger partial charge in [0.05, 0.1) is 0 Å². The number of phenols is 1. The fraction of sp³-hybridized carbons (Fsp3) is 0.600. The molecule has 0 saturated carbocycles. The van der Waals surface area contributed by atoms with E-state index in [1.54, 1.807) is 19.2 Å². The molecule has 0 saturated heterocycles. The molecule has 0 heterocycles. The minimum Gasteiger partial charge on any atom is -0.508 e. The Balaban J connectivity index is 2.27. The highest BCUT2D eigenvalue weighted by Gasteiger charge is 2.08. The summed E-state index contributed by atoms with van der Waals surface area (Å²) in [5.74, 6) is 0.337. The van der Waals surface area contributed by atoms with E-state index in [1.165, 1.54) is 5.56 Å². The topological polar surface area (TPSA) is 32.7 Å².